The molecular formula is C114H75N7O3S2. The van der Waals surface area contributed by atoms with E-state index in [0.717, 1.165) is 138 Å². The maximum Gasteiger partial charge on any atom is 0.160 e. The van der Waals surface area contributed by atoms with Crippen molar-refractivity contribution in [2.45, 2.75) is 57.8 Å². The predicted molar refractivity (Wildman–Crippen MR) is 520 cm³/mol. The Morgan fingerprint density at radius 1 is 0.254 bits per heavy atom. The van der Waals surface area contributed by atoms with Gasteiger partial charge < -0.3 is 13.3 Å². The molecule has 0 bridgehead atoms. The van der Waals surface area contributed by atoms with Crippen LogP contribution in [-0.2, 0) is 16.2 Å². The normalized spacial score (nSPS) is 13.7. The van der Waals surface area contributed by atoms with E-state index >= 15 is 0 Å². The molecule has 0 saturated carbocycles. The van der Waals surface area contributed by atoms with Crippen LogP contribution >= 0.6 is 22.7 Å². The first-order chi connectivity index (χ1) is 61.7. The van der Waals surface area contributed by atoms with E-state index in [1.807, 2.05) is 66.7 Å². The Morgan fingerprint density at radius 2 is 0.730 bits per heavy atom. The Hall–Kier alpha value is -15.2. The number of nitrogens with zero attached hydrogens (tertiary/aromatic N) is 7. The lowest BCUT2D eigenvalue weighted by Crippen LogP contribution is -2.16. The third-order valence-corrected chi connectivity index (χ3v) is 28.9. The number of benzene rings is 15. The molecule has 126 heavy (non-hydrogen) atoms. The molecule has 12 heteroatoms. The van der Waals surface area contributed by atoms with Gasteiger partial charge in [-0.2, -0.15) is 0 Å². The first-order valence-electron chi connectivity index (χ1n) is 42.8. The topological polar surface area (TPSA) is 130 Å². The highest BCUT2D eigenvalue weighted by Crippen LogP contribution is 2.59. The summed E-state index contributed by atoms with van der Waals surface area (Å²) in [5.74, 6) is 2.15. The van der Waals surface area contributed by atoms with Crippen molar-refractivity contribution in [2.75, 3.05) is 0 Å². The number of para-hydroxylation sites is 3. The van der Waals surface area contributed by atoms with Crippen molar-refractivity contribution in [1.29, 1.82) is 0 Å². The monoisotopic (exact) mass is 1650 g/mol. The van der Waals surface area contributed by atoms with E-state index in [0.29, 0.717) is 5.82 Å². The Labute approximate surface area is 732 Å². The zero-order chi connectivity index (χ0) is 84.0. The largest absolute Gasteiger partial charge is 0.456 e. The van der Waals surface area contributed by atoms with Crippen LogP contribution in [0.4, 0.5) is 0 Å². The lowest BCUT2D eigenvalue weighted by atomic mass is 9.78. The molecule has 9 heterocycles. The van der Waals surface area contributed by atoms with Crippen LogP contribution in [0.3, 0.4) is 0 Å². The molecule has 27 rings (SSSR count). The minimum Gasteiger partial charge on any atom is -0.456 e. The SMILES string of the molecule is CC1(C)c2ccc3oc4ccccc4c3c2-c2cccc(-c3ccc(-c4nc(-c5ccccc5)c5sc6ccccc6c5n4)cc3)c21.CC1(C)c2ccc3oc4ccccc4c3c2-c2cccc(-c3nc(-c4ccccc4)nc4c3sc3ccccc34)c21.CC1(C)c2ccccc2-c2cc3oc4cc(-c5nc(-c6ccccn6)c6ccccc6n5)ccc4c3cc21. The van der Waals surface area contributed by atoms with E-state index in [9.17, 15) is 0 Å². The van der Waals surface area contributed by atoms with Crippen LogP contribution in [0.25, 0.3) is 230 Å². The summed E-state index contributed by atoms with van der Waals surface area (Å²) in [7, 11) is 0. The van der Waals surface area contributed by atoms with Crippen LogP contribution in [0.2, 0.25) is 0 Å². The minimum atomic E-state index is -0.227. The van der Waals surface area contributed by atoms with Gasteiger partial charge in [0.25, 0.3) is 0 Å². The smallest absolute Gasteiger partial charge is 0.160 e. The lowest BCUT2D eigenvalue weighted by Gasteiger charge is -2.24. The predicted octanol–water partition coefficient (Wildman–Crippen LogP) is 31.0. The van der Waals surface area contributed by atoms with Gasteiger partial charge in [0, 0.05) is 108 Å². The maximum atomic E-state index is 6.46. The molecule has 0 saturated heterocycles. The third kappa shape index (κ3) is 11.2. The fraction of sp³-hybridized carbons (Fsp3) is 0.0789. The highest BCUT2D eigenvalue weighted by atomic mass is 32.1. The van der Waals surface area contributed by atoms with E-state index in [4.69, 9.17) is 43.2 Å². The summed E-state index contributed by atoms with van der Waals surface area (Å²) in [4.78, 5) is 35.3. The van der Waals surface area contributed by atoms with Crippen LogP contribution in [0.1, 0.15) is 74.9 Å². The van der Waals surface area contributed by atoms with Crippen LogP contribution < -0.4 is 0 Å². The average Bonchev–Trinajstić information content (AvgIpc) is 1.54. The number of furan rings is 3. The molecule has 0 amide bonds. The molecule has 0 atom stereocenters. The summed E-state index contributed by atoms with van der Waals surface area (Å²) in [6.45, 7) is 14.0. The highest BCUT2D eigenvalue weighted by molar-refractivity contribution is 7.26. The maximum absolute atomic E-state index is 6.46. The van der Waals surface area contributed by atoms with Crippen molar-refractivity contribution in [3.63, 3.8) is 0 Å². The second-order valence-electron chi connectivity index (χ2n) is 34.8. The van der Waals surface area contributed by atoms with E-state index in [1.165, 1.54) is 120 Å². The summed E-state index contributed by atoms with van der Waals surface area (Å²) >= 11 is 3.55. The van der Waals surface area contributed by atoms with Crippen LogP contribution in [0.5, 0.6) is 0 Å². The zero-order valence-corrected chi connectivity index (χ0v) is 71.2. The molecule has 15 aromatic carbocycles. The third-order valence-electron chi connectivity index (χ3n) is 26.5. The molecule has 0 N–H and O–H groups in total. The average molecular weight is 1660 g/mol. The number of thiophene rings is 2. The van der Waals surface area contributed by atoms with Crippen molar-refractivity contribution >= 4 is 140 Å². The van der Waals surface area contributed by atoms with Gasteiger partial charge in [0.05, 0.1) is 43.0 Å². The molecule has 24 aromatic rings. The quantitative estimate of drug-likeness (QED) is 0.152. The molecule has 0 spiro atoms. The molecule has 0 aliphatic heterocycles. The number of fused-ring (bicyclic) bond motifs is 27. The molecule has 596 valence electrons. The number of hydrogen-bond donors (Lipinski definition) is 0. The van der Waals surface area contributed by atoms with Crippen molar-refractivity contribution in [2.24, 2.45) is 0 Å². The molecule has 0 radical (unpaired) electrons. The Kier molecular flexibility index (Phi) is 16.3. The first-order valence-corrected chi connectivity index (χ1v) is 44.4. The van der Waals surface area contributed by atoms with Gasteiger partial charge in [-0.3, -0.25) is 4.98 Å². The van der Waals surface area contributed by atoms with Gasteiger partial charge in [0.2, 0.25) is 0 Å². The Bertz CT molecular complexity index is 8700. The Morgan fingerprint density at radius 3 is 1.37 bits per heavy atom. The molecule has 10 nitrogen and oxygen atoms in total. The second-order valence-corrected chi connectivity index (χ2v) is 36.9. The summed E-state index contributed by atoms with van der Waals surface area (Å²) < 4.78 is 23.8. The minimum absolute atomic E-state index is 0.0511. The summed E-state index contributed by atoms with van der Waals surface area (Å²) in [5.41, 5.74) is 34.9. The molecular weight excluding hydrogens is 1580 g/mol. The van der Waals surface area contributed by atoms with Crippen molar-refractivity contribution in [1.82, 2.24) is 34.9 Å². The highest BCUT2D eigenvalue weighted by Gasteiger charge is 2.43. The van der Waals surface area contributed by atoms with Crippen LogP contribution in [0, 0.1) is 0 Å². The number of hydrogen-bond acceptors (Lipinski definition) is 12. The van der Waals surface area contributed by atoms with Gasteiger partial charge in [0.1, 0.15) is 39.2 Å². The van der Waals surface area contributed by atoms with E-state index in [-0.39, 0.29) is 16.2 Å². The number of aromatic nitrogens is 7. The summed E-state index contributed by atoms with van der Waals surface area (Å²) in [6.07, 6.45) is 1.80. The van der Waals surface area contributed by atoms with Gasteiger partial charge in [-0.25, -0.2) is 29.9 Å². The molecule has 0 unspecified atom stereocenters. The first kappa shape index (κ1) is 73.5. The molecule has 0 fully saturated rings. The van der Waals surface area contributed by atoms with Gasteiger partial charge >= 0.3 is 0 Å². The Balaban J connectivity index is 0.000000104. The van der Waals surface area contributed by atoms with Crippen molar-refractivity contribution in [3.05, 3.63) is 379 Å². The number of rotatable bonds is 7. The van der Waals surface area contributed by atoms with Gasteiger partial charge in [0.15, 0.2) is 17.5 Å². The number of pyridine rings is 1. The summed E-state index contributed by atoms with van der Waals surface area (Å²) in [5, 5.41) is 10.3. The van der Waals surface area contributed by atoms with E-state index < -0.39 is 0 Å². The van der Waals surface area contributed by atoms with E-state index in [2.05, 4.69) is 320 Å². The zero-order valence-electron chi connectivity index (χ0n) is 69.6. The van der Waals surface area contributed by atoms with Crippen molar-refractivity contribution in [3.8, 4) is 113 Å². The lowest BCUT2D eigenvalue weighted by molar-refractivity contribution is 0.657. The standard InChI is InChI=1S/C43H28N2OS.C37H24N2OS.C34H23N3O/c1-43(2)32-23-24-34-37(29-13-6-8-17-33(29)46-34)36(32)31-16-10-15-28(38(31)43)25-19-21-27(22-20-25)42-44-39(26-11-4-3-5-12-26)41-40(45-42)30-14-7-9-18-35(30)47-41;1-37(2)26-19-20-28-31(22-13-6-8-17-27(22)40-28)30(26)24-15-10-16-25(32(24)37)34-35-33(23-14-7-9-18-29(23)41-35)38-36(39-34)21-11-4-3-5-12-21;1-34(2)26-11-5-3-9-21(26)24-19-31-25(18-27(24)34)22-15-14-20(17-30(22)38-31)33-36-28-12-6-4-10-23(28)32(37-33)29-13-7-8-16-35-29/h3-24H,1-2H3;3-20H,1-2H3;3-19H,1-2H3. The molecule has 3 aliphatic rings. The van der Waals surface area contributed by atoms with Gasteiger partial charge in [-0.1, -0.05) is 302 Å². The van der Waals surface area contributed by atoms with Crippen LogP contribution in [0.15, 0.2) is 359 Å². The van der Waals surface area contributed by atoms with Gasteiger partial charge in [-0.15, -0.1) is 22.7 Å². The summed E-state index contributed by atoms with van der Waals surface area (Å²) in [6, 6.07) is 119. The van der Waals surface area contributed by atoms with Crippen molar-refractivity contribution < 1.29 is 13.3 Å². The molecule has 9 aromatic heterocycles. The van der Waals surface area contributed by atoms with Gasteiger partial charge in [-0.05, 0) is 157 Å². The second kappa shape index (κ2) is 27.9. The van der Waals surface area contributed by atoms with Crippen LogP contribution in [-0.4, -0.2) is 34.9 Å². The van der Waals surface area contributed by atoms with E-state index in [1.54, 1.807) is 28.9 Å². The fourth-order valence-corrected chi connectivity index (χ4v) is 22.9. The fourth-order valence-electron chi connectivity index (χ4n) is 20.6. The molecule has 3 aliphatic carbocycles.